The van der Waals surface area contributed by atoms with Gasteiger partial charge in [-0.15, -0.1) is 11.3 Å². The van der Waals surface area contributed by atoms with Crippen molar-refractivity contribution in [3.63, 3.8) is 0 Å². The molecule has 6 nitrogen and oxygen atoms in total. The second kappa shape index (κ2) is 6.78. The summed E-state index contributed by atoms with van der Waals surface area (Å²) >= 11 is 1.06. The topological polar surface area (TPSA) is 83.7 Å². The first-order valence-corrected chi connectivity index (χ1v) is 10.3. The van der Waals surface area contributed by atoms with Crippen molar-refractivity contribution in [2.45, 2.75) is 18.7 Å². The quantitative estimate of drug-likeness (QED) is 0.880. The van der Waals surface area contributed by atoms with Gasteiger partial charge in [-0.25, -0.2) is 8.42 Å². The highest BCUT2D eigenvalue weighted by Gasteiger charge is 2.32. The van der Waals surface area contributed by atoms with Gasteiger partial charge in [-0.3, -0.25) is 4.79 Å². The summed E-state index contributed by atoms with van der Waals surface area (Å²) in [6, 6.07) is 7.74. The van der Waals surface area contributed by atoms with E-state index in [9.17, 15) is 13.2 Å². The molecule has 134 valence electrons. The van der Waals surface area contributed by atoms with Crippen molar-refractivity contribution in [3.05, 3.63) is 45.6 Å². The first kappa shape index (κ1) is 17.9. The maximum Gasteiger partial charge on any atom is 0.260 e. The number of amides is 1. The van der Waals surface area contributed by atoms with Crippen LogP contribution in [0.1, 0.15) is 20.8 Å². The lowest BCUT2D eigenvalue weighted by atomic mass is 10.1. The smallest absolute Gasteiger partial charge is 0.260 e. The van der Waals surface area contributed by atoms with E-state index in [1.54, 1.807) is 5.38 Å². The Labute approximate surface area is 151 Å². The van der Waals surface area contributed by atoms with Crippen molar-refractivity contribution in [2.75, 3.05) is 31.1 Å². The molecule has 2 N–H and O–H groups in total. The molecule has 3 rings (SSSR count). The highest BCUT2D eigenvalue weighted by molar-refractivity contribution is 7.89. The molecule has 1 fully saturated rings. The molecule has 1 saturated heterocycles. The number of carbonyl (C=O) groups excluding carboxylic acids is 1. The number of nitrogens with zero attached hydrogens (tertiary/aromatic N) is 2. The summed E-state index contributed by atoms with van der Waals surface area (Å²) in [4.78, 5) is 13.8. The van der Waals surface area contributed by atoms with E-state index in [1.807, 2.05) is 6.92 Å². The SMILES string of the molecule is Cc1ccc(C)c(N2CCN(S(=O)(=O)c3ccsc3C(N)=O)CC2)c1. The van der Waals surface area contributed by atoms with E-state index in [0.29, 0.717) is 26.2 Å². The summed E-state index contributed by atoms with van der Waals surface area (Å²) < 4.78 is 27.1. The predicted octanol–water partition coefficient (Wildman–Crippen LogP) is 1.97. The van der Waals surface area contributed by atoms with Gasteiger partial charge in [-0.1, -0.05) is 12.1 Å². The Morgan fingerprint density at radius 1 is 1.12 bits per heavy atom. The van der Waals surface area contributed by atoms with Gasteiger partial charge in [0.15, 0.2) is 0 Å². The van der Waals surface area contributed by atoms with Crippen molar-refractivity contribution < 1.29 is 13.2 Å². The number of hydrogen-bond acceptors (Lipinski definition) is 5. The number of anilines is 1. The minimum atomic E-state index is -3.70. The van der Waals surface area contributed by atoms with Crippen molar-refractivity contribution in [3.8, 4) is 0 Å². The lowest BCUT2D eigenvalue weighted by molar-refractivity contribution is 0.100. The summed E-state index contributed by atoms with van der Waals surface area (Å²) in [7, 11) is -3.70. The largest absolute Gasteiger partial charge is 0.369 e. The number of carbonyl (C=O) groups is 1. The van der Waals surface area contributed by atoms with Gasteiger partial charge in [0.2, 0.25) is 10.0 Å². The van der Waals surface area contributed by atoms with Gasteiger partial charge in [0.1, 0.15) is 9.77 Å². The zero-order valence-corrected chi connectivity index (χ0v) is 15.9. The van der Waals surface area contributed by atoms with Gasteiger partial charge in [-0.05, 0) is 42.5 Å². The number of rotatable bonds is 4. The number of nitrogens with two attached hydrogens (primary N) is 1. The molecular formula is C17H21N3O3S2. The first-order valence-electron chi connectivity index (χ1n) is 8.00. The molecule has 8 heteroatoms. The zero-order valence-electron chi connectivity index (χ0n) is 14.2. The van der Waals surface area contributed by atoms with Crippen LogP contribution < -0.4 is 10.6 Å². The van der Waals surface area contributed by atoms with Crippen LogP contribution in [0.25, 0.3) is 0 Å². The number of aryl methyl sites for hydroxylation is 2. The summed E-state index contributed by atoms with van der Waals surface area (Å²) in [5.41, 5.74) is 8.80. The number of thiophene rings is 1. The fraction of sp³-hybridized carbons (Fsp3) is 0.353. The van der Waals surface area contributed by atoms with Crippen LogP contribution in [0.3, 0.4) is 0 Å². The maximum atomic E-state index is 12.8. The second-order valence-electron chi connectivity index (χ2n) is 6.16. The Morgan fingerprint density at radius 2 is 1.80 bits per heavy atom. The molecule has 1 aliphatic heterocycles. The molecule has 2 aromatic rings. The lowest BCUT2D eigenvalue weighted by Gasteiger charge is -2.36. The minimum absolute atomic E-state index is 0.0187. The number of sulfonamides is 1. The number of hydrogen-bond donors (Lipinski definition) is 1. The summed E-state index contributed by atoms with van der Waals surface area (Å²) in [6.07, 6.45) is 0. The highest BCUT2D eigenvalue weighted by Crippen LogP contribution is 2.28. The third-order valence-corrected chi connectivity index (χ3v) is 7.41. The van der Waals surface area contributed by atoms with E-state index in [2.05, 4.69) is 30.0 Å². The normalized spacial score (nSPS) is 16.2. The lowest BCUT2D eigenvalue weighted by Crippen LogP contribution is -2.49. The second-order valence-corrected chi connectivity index (χ2v) is 8.98. The fourth-order valence-corrected chi connectivity index (χ4v) is 5.73. The standard InChI is InChI=1S/C17H21N3O3S2/c1-12-3-4-13(2)14(11-12)19-6-8-20(9-7-19)25(22,23)15-5-10-24-16(15)17(18)21/h3-5,10-11H,6-9H2,1-2H3,(H2,18,21). The van der Waals surface area contributed by atoms with Crippen molar-refractivity contribution in [1.29, 1.82) is 0 Å². The van der Waals surface area contributed by atoms with Crippen LogP contribution in [0.2, 0.25) is 0 Å². The van der Waals surface area contributed by atoms with Crippen LogP contribution in [-0.2, 0) is 10.0 Å². The average molecular weight is 380 g/mol. The van der Waals surface area contributed by atoms with Gasteiger partial charge in [0, 0.05) is 31.9 Å². The van der Waals surface area contributed by atoms with Crippen LogP contribution in [0.5, 0.6) is 0 Å². The Hall–Kier alpha value is -1.90. The van der Waals surface area contributed by atoms with Gasteiger partial charge < -0.3 is 10.6 Å². The summed E-state index contributed by atoms with van der Waals surface area (Å²) in [5, 5.41) is 1.58. The zero-order chi connectivity index (χ0) is 18.2. The van der Waals surface area contributed by atoms with E-state index in [1.165, 1.54) is 21.5 Å². The molecule has 25 heavy (non-hydrogen) atoms. The third-order valence-electron chi connectivity index (χ3n) is 4.41. The van der Waals surface area contributed by atoms with Crippen LogP contribution >= 0.6 is 11.3 Å². The Kier molecular flexibility index (Phi) is 4.86. The van der Waals surface area contributed by atoms with Gasteiger partial charge >= 0.3 is 0 Å². The van der Waals surface area contributed by atoms with E-state index in [4.69, 9.17) is 5.73 Å². The Morgan fingerprint density at radius 3 is 2.44 bits per heavy atom. The van der Waals surface area contributed by atoms with E-state index < -0.39 is 15.9 Å². The Bertz CT molecular complexity index is 898. The van der Waals surface area contributed by atoms with E-state index in [-0.39, 0.29) is 9.77 Å². The van der Waals surface area contributed by atoms with Gasteiger partial charge in [0.05, 0.1) is 0 Å². The Balaban J connectivity index is 1.79. The maximum absolute atomic E-state index is 12.8. The molecule has 0 aliphatic carbocycles. The van der Waals surface area contributed by atoms with Crippen LogP contribution in [-0.4, -0.2) is 44.8 Å². The molecule has 1 aromatic carbocycles. The average Bonchev–Trinajstić information content (AvgIpc) is 3.08. The third kappa shape index (κ3) is 3.42. The molecule has 0 saturated carbocycles. The molecule has 0 unspecified atom stereocenters. The molecule has 2 heterocycles. The molecule has 0 atom stereocenters. The minimum Gasteiger partial charge on any atom is -0.369 e. The number of piperazine rings is 1. The highest BCUT2D eigenvalue weighted by atomic mass is 32.2. The number of benzene rings is 1. The summed E-state index contributed by atoms with van der Waals surface area (Å²) in [6.45, 7) is 6.08. The monoisotopic (exact) mass is 379 g/mol. The predicted molar refractivity (Wildman–Crippen MR) is 99.7 cm³/mol. The van der Waals surface area contributed by atoms with E-state index >= 15 is 0 Å². The number of primary amides is 1. The first-order chi connectivity index (χ1) is 11.8. The van der Waals surface area contributed by atoms with Gasteiger partial charge in [-0.2, -0.15) is 4.31 Å². The van der Waals surface area contributed by atoms with Gasteiger partial charge in [0.25, 0.3) is 5.91 Å². The molecule has 1 aromatic heterocycles. The molecule has 0 spiro atoms. The van der Waals surface area contributed by atoms with E-state index in [0.717, 1.165) is 17.0 Å². The van der Waals surface area contributed by atoms with Crippen molar-refractivity contribution in [2.24, 2.45) is 5.73 Å². The van der Waals surface area contributed by atoms with Crippen molar-refractivity contribution in [1.82, 2.24) is 4.31 Å². The van der Waals surface area contributed by atoms with Crippen molar-refractivity contribution >= 4 is 33.0 Å². The molecular weight excluding hydrogens is 358 g/mol. The summed E-state index contributed by atoms with van der Waals surface area (Å²) in [5.74, 6) is -0.706. The fourth-order valence-electron chi connectivity index (χ4n) is 3.05. The molecule has 1 amide bonds. The molecule has 0 radical (unpaired) electrons. The van der Waals surface area contributed by atoms with Crippen LogP contribution in [0, 0.1) is 13.8 Å². The van der Waals surface area contributed by atoms with Crippen LogP contribution in [0.4, 0.5) is 5.69 Å². The van der Waals surface area contributed by atoms with Crippen LogP contribution in [0.15, 0.2) is 34.5 Å². The molecule has 0 bridgehead atoms. The molecule has 1 aliphatic rings.